The number of carbonyl (C=O) groups is 2. The summed E-state index contributed by atoms with van der Waals surface area (Å²) in [6.07, 6.45) is 0. The van der Waals surface area contributed by atoms with Crippen molar-refractivity contribution in [2.24, 2.45) is 0 Å². The van der Waals surface area contributed by atoms with E-state index in [-0.39, 0.29) is 5.91 Å². The zero-order valence-corrected chi connectivity index (χ0v) is 18.2. The molecular formula is C26H22N4O3. The van der Waals surface area contributed by atoms with Crippen molar-refractivity contribution in [3.63, 3.8) is 0 Å². The third kappa shape index (κ3) is 5.40. The molecule has 0 unspecified atom stereocenters. The largest absolute Gasteiger partial charge is 0.465 e. The van der Waals surface area contributed by atoms with Crippen LogP contribution in [0.15, 0.2) is 84.9 Å². The molecule has 0 aliphatic carbocycles. The van der Waals surface area contributed by atoms with Crippen LogP contribution >= 0.6 is 0 Å². The molecule has 0 saturated carbocycles. The van der Waals surface area contributed by atoms with Crippen molar-refractivity contribution in [1.29, 1.82) is 0 Å². The van der Waals surface area contributed by atoms with Crippen LogP contribution in [0.5, 0.6) is 0 Å². The van der Waals surface area contributed by atoms with E-state index in [1.165, 1.54) is 7.11 Å². The van der Waals surface area contributed by atoms with E-state index in [0.717, 1.165) is 11.3 Å². The fourth-order valence-corrected chi connectivity index (χ4v) is 3.32. The van der Waals surface area contributed by atoms with Gasteiger partial charge in [0.1, 0.15) is 11.6 Å². The number of hydrogen-bond donors (Lipinski definition) is 2. The molecule has 4 rings (SSSR count). The Morgan fingerprint density at radius 2 is 1.48 bits per heavy atom. The van der Waals surface area contributed by atoms with Crippen molar-refractivity contribution in [3.05, 3.63) is 102 Å². The number of methoxy groups -OCH3 is 1. The molecule has 4 aromatic rings. The Morgan fingerprint density at radius 3 is 2.24 bits per heavy atom. The first kappa shape index (κ1) is 21.7. The van der Waals surface area contributed by atoms with E-state index in [4.69, 9.17) is 4.74 Å². The first-order chi connectivity index (χ1) is 16.0. The summed E-state index contributed by atoms with van der Waals surface area (Å²) in [5.41, 5.74) is 3.83. The number of benzene rings is 3. The fourth-order valence-electron chi connectivity index (χ4n) is 3.32. The van der Waals surface area contributed by atoms with Gasteiger partial charge in [-0.2, -0.15) is 0 Å². The lowest BCUT2D eigenvalue weighted by atomic mass is 10.1. The first-order valence-corrected chi connectivity index (χ1v) is 10.3. The number of amides is 1. The number of aryl methyl sites for hydroxylation is 1. The Labute approximate surface area is 191 Å². The van der Waals surface area contributed by atoms with Crippen molar-refractivity contribution in [2.45, 2.75) is 6.92 Å². The lowest BCUT2D eigenvalue weighted by molar-refractivity contribution is 0.0600. The van der Waals surface area contributed by atoms with Gasteiger partial charge in [0, 0.05) is 28.6 Å². The van der Waals surface area contributed by atoms with Crippen molar-refractivity contribution < 1.29 is 14.3 Å². The van der Waals surface area contributed by atoms with Gasteiger partial charge < -0.3 is 15.4 Å². The summed E-state index contributed by atoms with van der Waals surface area (Å²) in [4.78, 5) is 33.5. The van der Waals surface area contributed by atoms with Gasteiger partial charge in [0.25, 0.3) is 5.91 Å². The summed E-state index contributed by atoms with van der Waals surface area (Å²) < 4.78 is 4.73. The molecule has 0 bridgehead atoms. The second-order valence-corrected chi connectivity index (χ2v) is 7.28. The zero-order valence-electron chi connectivity index (χ0n) is 18.2. The Bertz CT molecular complexity index is 1310. The maximum absolute atomic E-state index is 12.8. The quantitative estimate of drug-likeness (QED) is 0.400. The molecule has 164 valence electrons. The van der Waals surface area contributed by atoms with Gasteiger partial charge in [-0.15, -0.1) is 0 Å². The van der Waals surface area contributed by atoms with Crippen molar-refractivity contribution in [1.82, 2.24) is 9.97 Å². The number of ether oxygens (including phenoxy) is 1. The molecule has 0 spiro atoms. The summed E-state index contributed by atoms with van der Waals surface area (Å²) in [5, 5.41) is 6.06. The number of esters is 1. The molecule has 0 aliphatic rings. The second kappa shape index (κ2) is 9.74. The zero-order chi connectivity index (χ0) is 23.2. The summed E-state index contributed by atoms with van der Waals surface area (Å²) in [6, 6.07) is 25.4. The third-order valence-corrected chi connectivity index (χ3v) is 4.85. The molecule has 0 radical (unpaired) electrons. The lowest BCUT2D eigenvalue weighted by Gasteiger charge is -2.11. The summed E-state index contributed by atoms with van der Waals surface area (Å²) in [7, 11) is 1.31. The maximum Gasteiger partial charge on any atom is 0.337 e. The lowest BCUT2D eigenvalue weighted by Crippen LogP contribution is -2.13. The van der Waals surface area contributed by atoms with Crippen LogP contribution in [0.4, 0.5) is 17.2 Å². The van der Waals surface area contributed by atoms with E-state index in [2.05, 4.69) is 20.6 Å². The molecule has 0 aliphatic heterocycles. The molecule has 2 N–H and O–H groups in total. The van der Waals surface area contributed by atoms with Crippen molar-refractivity contribution >= 4 is 29.1 Å². The molecule has 0 fully saturated rings. The molecule has 7 nitrogen and oxygen atoms in total. The molecule has 1 heterocycles. The topological polar surface area (TPSA) is 93.2 Å². The minimum absolute atomic E-state index is 0.301. The van der Waals surface area contributed by atoms with Gasteiger partial charge in [0.05, 0.1) is 18.4 Å². The Balaban J connectivity index is 1.52. The Hall–Kier alpha value is -4.52. The molecule has 0 atom stereocenters. The highest BCUT2D eigenvalue weighted by atomic mass is 16.5. The third-order valence-electron chi connectivity index (χ3n) is 4.85. The molecule has 33 heavy (non-hydrogen) atoms. The molecule has 3 aromatic carbocycles. The smallest absolute Gasteiger partial charge is 0.337 e. The monoisotopic (exact) mass is 438 g/mol. The number of nitrogens with zero attached hydrogens (tertiary/aromatic N) is 2. The Kier molecular flexibility index (Phi) is 6.40. The average Bonchev–Trinajstić information content (AvgIpc) is 2.84. The predicted molar refractivity (Wildman–Crippen MR) is 128 cm³/mol. The average molecular weight is 438 g/mol. The van der Waals surface area contributed by atoms with Gasteiger partial charge in [0.15, 0.2) is 0 Å². The predicted octanol–water partition coefficient (Wildman–Crippen LogP) is 5.23. The van der Waals surface area contributed by atoms with Crippen LogP contribution in [0, 0.1) is 6.92 Å². The molecule has 1 aromatic heterocycles. The normalized spacial score (nSPS) is 10.4. The molecule has 7 heteroatoms. The Morgan fingerprint density at radius 1 is 0.788 bits per heavy atom. The highest BCUT2D eigenvalue weighted by Crippen LogP contribution is 2.23. The molecular weight excluding hydrogens is 416 g/mol. The maximum atomic E-state index is 12.8. The van der Waals surface area contributed by atoms with Crippen LogP contribution in [-0.2, 0) is 4.74 Å². The van der Waals surface area contributed by atoms with Crippen LogP contribution in [0.2, 0.25) is 0 Å². The summed E-state index contributed by atoms with van der Waals surface area (Å²) in [6.45, 7) is 1.84. The van der Waals surface area contributed by atoms with E-state index in [1.54, 1.807) is 42.5 Å². The standard InChI is InChI=1S/C26H22N4O3/c1-17-27-23(18-8-4-3-5-9-18)16-24(28-17)29-21-12-6-10-19(14-21)25(31)30-22-13-7-11-20(15-22)26(32)33-2/h3-16H,1-2H3,(H,30,31)(H,27,28,29). The van der Waals surface area contributed by atoms with Crippen LogP contribution < -0.4 is 10.6 Å². The van der Waals surface area contributed by atoms with Crippen LogP contribution in [0.25, 0.3) is 11.3 Å². The summed E-state index contributed by atoms with van der Waals surface area (Å²) in [5.74, 6) is 0.500. The van der Waals surface area contributed by atoms with E-state index in [1.807, 2.05) is 49.4 Å². The highest BCUT2D eigenvalue weighted by Gasteiger charge is 2.11. The molecule has 1 amide bonds. The van der Waals surface area contributed by atoms with Gasteiger partial charge in [-0.25, -0.2) is 14.8 Å². The summed E-state index contributed by atoms with van der Waals surface area (Å²) >= 11 is 0. The van der Waals surface area contributed by atoms with Gasteiger partial charge in [-0.1, -0.05) is 42.5 Å². The minimum Gasteiger partial charge on any atom is -0.465 e. The number of nitrogens with one attached hydrogen (secondary N) is 2. The van der Waals surface area contributed by atoms with E-state index in [9.17, 15) is 9.59 Å². The van der Waals surface area contributed by atoms with Gasteiger partial charge in [0.2, 0.25) is 0 Å². The number of rotatable bonds is 6. The second-order valence-electron chi connectivity index (χ2n) is 7.28. The van der Waals surface area contributed by atoms with Crippen LogP contribution in [0.1, 0.15) is 26.5 Å². The SMILES string of the molecule is COC(=O)c1cccc(NC(=O)c2cccc(Nc3cc(-c4ccccc4)nc(C)n3)c2)c1. The number of carbonyl (C=O) groups excluding carboxylic acids is 2. The number of hydrogen-bond acceptors (Lipinski definition) is 6. The van der Waals surface area contributed by atoms with E-state index < -0.39 is 5.97 Å². The molecule has 0 saturated heterocycles. The van der Waals surface area contributed by atoms with Crippen LogP contribution in [-0.4, -0.2) is 29.0 Å². The minimum atomic E-state index is -0.465. The van der Waals surface area contributed by atoms with Gasteiger partial charge in [-0.05, 0) is 43.3 Å². The van der Waals surface area contributed by atoms with Crippen molar-refractivity contribution in [3.8, 4) is 11.3 Å². The number of anilines is 3. The van der Waals surface area contributed by atoms with E-state index >= 15 is 0 Å². The van der Waals surface area contributed by atoms with Gasteiger partial charge >= 0.3 is 5.97 Å². The number of aromatic nitrogens is 2. The van der Waals surface area contributed by atoms with Crippen molar-refractivity contribution in [2.75, 3.05) is 17.7 Å². The van der Waals surface area contributed by atoms with Gasteiger partial charge in [-0.3, -0.25) is 4.79 Å². The highest BCUT2D eigenvalue weighted by molar-refractivity contribution is 6.05. The fraction of sp³-hybridized carbons (Fsp3) is 0.0769. The van der Waals surface area contributed by atoms with E-state index in [0.29, 0.717) is 34.1 Å². The first-order valence-electron chi connectivity index (χ1n) is 10.3. The van der Waals surface area contributed by atoms with Crippen LogP contribution in [0.3, 0.4) is 0 Å².